The molecule has 3 heterocycles. The van der Waals surface area contributed by atoms with Crippen molar-refractivity contribution >= 4 is 71.3 Å². The minimum absolute atomic E-state index is 0.0330. The Kier molecular flexibility index (Phi) is 13.7. The number of hydrogen-bond donors (Lipinski definition) is 1. The maximum absolute atomic E-state index is 12.0. The van der Waals surface area contributed by atoms with Gasteiger partial charge in [0.15, 0.2) is 0 Å². The zero-order valence-corrected chi connectivity index (χ0v) is 21.4. The zero-order chi connectivity index (χ0) is 19.5. The minimum atomic E-state index is -0.0650. The second-order valence-corrected chi connectivity index (χ2v) is 16.6. The molecule has 0 saturated carbocycles. The summed E-state index contributed by atoms with van der Waals surface area (Å²) in [6.45, 7) is 9.85. The molecule has 0 aliphatic carbocycles. The van der Waals surface area contributed by atoms with Crippen LogP contribution >= 0.6 is 59.5 Å². The van der Waals surface area contributed by atoms with Crippen LogP contribution in [0.4, 0.5) is 0 Å². The Balaban J connectivity index is 0.000000253. The van der Waals surface area contributed by atoms with Crippen molar-refractivity contribution in [1.82, 2.24) is 10.2 Å². The van der Waals surface area contributed by atoms with Crippen LogP contribution in [0.25, 0.3) is 0 Å². The number of carbonyl (C=O) groups is 2. The Morgan fingerprint density at radius 1 is 0.885 bits per heavy atom. The highest BCUT2D eigenvalue weighted by atomic mass is 33.1. The highest BCUT2D eigenvalue weighted by molar-refractivity contribution is 8.82. The summed E-state index contributed by atoms with van der Waals surface area (Å²) in [5.74, 6) is 4.09. The van der Waals surface area contributed by atoms with Crippen molar-refractivity contribution in [2.45, 2.75) is 46.2 Å². The van der Waals surface area contributed by atoms with Crippen LogP contribution in [-0.2, 0) is 9.59 Å². The molecule has 0 unspecified atom stereocenters. The molecule has 2 amide bonds. The fraction of sp³-hybridized carbons (Fsp3) is 0.750. The van der Waals surface area contributed by atoms with Crippen molar-refractivity contribution in [3.63, 3.8) is 0 Å². The summed E-state index contributed by atoms with van der Waals surface area (Å²) in [6, 6.07) is 0.601. The molecule has 0 spiro atoms. The third kappa shape index (κ3) is 8.63. The van der Waals surface area contributed by atoms with Crippen molar-refractivity contribution in [2.75, 3.05) is 30.1 Å². The first kappa shape index (κ1) is 25.1. The summed E-state index contributed by atoms with van der Waals surface area (Å²) >= 11 is 7.66. The van der Waals surface area contributed by atoms with Crippen molar-refractivity contribution in [3.8, 4) is 0 Å². The van der Waals surface area contributed by atoms with Gasteiger partial charge in [-0.1, -0.05) is 13.8 Å². The van der Waals surface area contributed by atoms with E-state index in [1.54, 1.807) is 22.8 Å². The van der Waals surface area contributed by atoms with Crippen LogP contribution in [0.15, 0.2) is 11.1 Å². The summed E-state index contributed by atoms with van der Waals surface area (Å²) < 4.78 is 0. The molecule has 3 rings (SSSR count). The zero-order valence-electron chi connectivity index (χ0n) is 16.1. The summed E-state index contributed by atoms with van der Waals surface area (Å²) in [6.07, 6.45) is 1.43. The van der Waals surface area contributed by atoms with Gasteiger partial charge in [0.2, 0.25) is 0 Å². The predicted molar refractivity (Wildman–Crippen MR) is 129 cm³/mol. The van der Waals surface area contributed by atoms with Gasteiger partial charge in [0.05, 0.1) is 0 Å². The van der Waals surface area contributed by atoms with E-state index in [0.29, 0.717) is 17.5 Å². The fourth-order valence-electron chi connectivity index (χ4n) is 1.98. The molecule has 0 atom stereocenters. The van der Waals surface area contributed by atoms with Gasteiger partial charge in [-0.3, -0.25) is 14.5 Å². The van der Waals surface area contributed by atoms with Crippen molar-refractivity contribution in [2.24, 2.45) is 0 Å². The van der Waals surface area contributed by atoms with Gasteiger partial charge in [-0.25, -0.2) is 0 Å². The molecule has 4 nitrogen and oxygen atoms in total. The fourth-order valence-corrected chi connectivity index (χ4v) is 11.2. The lowest BCUT2D eigenvalue weighted by Crippen LogP contribution is -2.38. The Morgan fingerprint density at radius 3 is 1.58 bits per heavy atom. The number of carbonyl (C=O) groups excluding carboxylic acids is 2. The van der Waals surface area contributed by atoms with E-state index >= 15 is 0 Å². The number of nitrogens with zero attached hydrogens (tertiary/aromatic N) is 1. The Bertz CT molecular complexity index is 461. The lowest BCUT2D eigenvalue weighted by molar-refractivity contribution is -0.139. The molecule has 10 heteroatoms. The van der Waals surface area contributed by atoms with E-state index in [2.05, 4.69) is 41.9 Å². The van der Waals surface area contributed by atoms with Crippen LogP contribution in [0.1, 0.15) is 34.1 Å². The second kappa shape index (κ2) is 14.1. The summed E-state index contributed by atoms with van der Waals surface area (Å²) in [4.78, 5) is 25.3. The normalized spacial score (nSPS) is 20.3. The van der Waals surface area contributed by atoms with Gasteiger partial charge in [0.1, 0.15) is 0 Å². The molecule has 3 aliphatic rings. The third-order valence-corrected chi connectivity index (χ3v) is 13.6. The van der Waals surface area contributed by atoms with Crippen molar-refractivity contribution in [3.05, 3.63) is 11.1 Å². The second-order valence-electron chi connectivity index (χ2n) is 6.27. The molecular weight excluding hydrogens is 442 g/mol. The van der Waals surface area contributed by atoms with Crippen LogP contribution in [-0.4, -0.2) is 58.9 Å². The molecule has 0 aromatic carbocycles. The van der Waals surface area contributed by atoms with Gasteiger partial charge in [-0.2, -0.15) is 0 Å². The van der Waals surface area contributed by atoms with E-state index in [0.717, 1.165) is 25.1 Å². The molecule has 0 aromatic heterocycles. The van der Waals surface area contributed by atoms with Gasteiger partial charge in [-0.05, 0) is 52.8 Å². The highest BCUT2D eigenvalue weighted by Crippen LogP contribution is 2.48. The van der Waals surface area contributed by atoms with Crippen LogP contribution < -0.4 is 5.32 Å². The van der Waals surface area contributed by atoms with Crippen LogP contribution in [0, 0.1) is 0 Å². The van der Waals surface area contributed by atoms with E-state index in [-0.39, 0.29) is 17.9 Å². The number of imide groups is 1. The Morgan fingerprint density at radius 2 is 1.31 bits per heavy atom. The lowest BCUT2D eigenvalue weighted by Gasteiger charge is -2.19. The average Bonchev–Trinajstić information content (AvgIpc) is 2.81. The first-order chi connectivity index (χ1) is 12.4. The minimum Gasteiger partial charge on any atom is -0.318 e. The maximum Gasteiger partial charge on any atom is 0.258 e. The molecule has 3 aliphatic heterocycles. The summed E-state index contributed by atoms with van der Waals surface area (Å²) in [5.41, 5.74) is 1.49. The van der Waals surface area contributed by atoms with Crippen LogP contribution in [0.2, 0.25) is 0 Å². The van der Waals surface area contributed by atoms with Crippen LogP contribution in [0.5, 0.6) is 0 Å². The third-order valence-electron chi connectivity index (χ3n) is 3.57. The average molecular weight is 473 g/mol. The molecule has 0 aromatic rings. The molecule has 1 fully saturated rings. The summed E-state index contributed by atoms with van der Waals surface area (Å²) in [7, 11) is 1.95. The van der Waals surface area contributed by atoms with Crippen molar-refractivity contribution in [1.29, 1.82) is 0 Å². The standard InChI is InChI=1S/C9H12NO2PS2.C4H11N.C3H7PS2/c1-5(2)10-8(11)6-3-14-13-15-4-7(6)9(10)12;1-4(2)5-3;1-2-5-4-6-3-1/h5,13H,3-4H2,1-2H3;4-5H,1-3H3;4H,1-3H2. The first-order valence-corrected chi connectivity index (χ1v) is 17.5. The van der Waals surface area contributed by atoms with E-state index in [4.69, 9.17) is 0 Å². The van der Waals surface area contributed by atoms with E-state index in [1.165, 1.54) is 22.8 Å². The molecular formula is C16H30N2O2P2S4. The highest BCUT2D eigenvalue weighted by Gasteiger charge is 2.39. The predicted octanol–water partition coefficient (Wildman–Crippen LogP) is 5.03. The maximum atomic E-state index is 12.0. The van der Waals surface area contributed by atoms with Crippen LogP contribution in [0.3, 0.4) is 0 Å². The number of nitrogens with one attached hydrogen (secondary N) is 1. The molecule has 26 heavy (non-hydrogen) atoms. The topological polar surface area (TPSA) is 49.4 Å². The first-order valence-electron chi connectivity index (χ1n) is 8.64. The van der Waals surface area contributed by atoms with Gasteiger partial charge in [-0.15, -0.1) is 45.5 Å². The van der Waals surface area contributed by atoms with Gasteiger partial charge >= 0.3 is 0 Å². The number of hydrogen-bond acceptors (Lipinski definition) is 7. The van der Waals surface area contributed by atoms with Gasteiger partial charge in [0.25, 0.3) is 11.8 Å². The quantitative estimate of drug-likeness (QED) is 0.447. The Labute approximate surface area is 177 Å². The lowest BCUT2D eigenvalue weighted by atomic mass is 10.2. The smallest absolute Gasteiger partial charge is 0.258 e. The molecule has 0 bridgehead atoms. The monoisotopic (exact) mass is 472 g/mol. The number of rotatable bonds is 2. The van der Waals surface area contributed by atoms with E-state index < -0.39 is 0 Å². The summed E-state index contributed by atoms with van der Waals surface area (Å²) in [5, 5.41) is 3.03. The van der Waals surface area contributed by atoms with E-state index in [9.17, 15) is 9.59 Å². The molecule has 1 N–H and O–H groups in total. The van der Waals surface area contributed by atoms with E-state index in [1.807, 2.05) is 20.9 Å². The number of amides is 2. The molecule has 150 valence electrons. The van der Waals surface area contributed by atoms with Crippen molar-refractivity contribution < 1.29 is 9.59 Å². The molecule has 0 radical (unpaired) electrons. The largest absolute Gasteiger partial charge is 0.318 e. The SMILES string of the molecule is C1CSPSC1.CC(C)N1C(=O)C2=C(CSPSC2)C1=O.CNC(C)C. The Hall–Kier alpha value is 1.10. The molecule has 1 saturated heterocycles. The van der Waals surface area contributed by atoms with Gasteiger partial charge < -0.3 is 5.32 Å². The van der Waals surface area contributed by atoms with Gasteiger partial charge in [0, 0.05) is 34.7 Å².